The molecule has 4 heterocycles. The summed E-state index contributed by atoms with van der Waals surface area (Å²) in [6.07, 6.45) is 6.50. The molecule has 0 spiro atoms. The first-order valence-electron chi connectivity index (χ1n) is 20.8. The molecular formula is C45H51ClN8O6S. The average Bonchev–Trinajstić information content (AvgIpc) is 3.72. The Morgan fingerprint density at radius 3 is 2.38 bits per heavy atom. The van der Waals surface area contributed by atoms with E-state index in [-0.39, 0.29) is 22.4 Å². The zero-order chi connectivity index (χ0) is 42.9. The number of hydrogen-bond acceptors (Lipinski definition) is 11. The van der Waals surface area contributed by atoms with Crippen LogP contribution in [0.15, 0.2) is 95.7 Å². The number of anilines is 2. The molecule has 0 unspecified atom stereocenters. The Morgan fingerprint density at radius 2 is 1.66 bits per heavy atom. The number of benzene rings is 3. The van der Waals surface area contributed by atoms with Crippen LogP contribution >= 0.6 is 11.6 Å². The van der Waals surface area contributed by atoms with Crippen molar-refractivity contribution in [1.82, 2.24) is 24.5 Å². The summed E-state index contributed by atoms with van der Waals surface area (Å²) in [6, 6.07) is 20.7. The molecule has 0 bridgehead atoms. The van der Waals surface area contributed by atoms with Crippen LogP contribution in [0.4, 0.5) is 17.1 Å². The summed E-state index contributed by atoms with van der Waals surface area (Å²) in [5.74, 6) is -0.443. The van der Waals surface area contributed by atoms with E-state index in [1.807, 2.05) is 23.1 Å². The Labute approximate surface area is 361 Å². The molecular weight excluding hydrogens is 816 g/mol. The fourth-order valence-electron chi connectivity index (χ4n) is 8.61. The molecule has 2 saturated heterocycles. The van der Waals surface area contributed by atoms with Crippen LogP contribution in [0.5, 0.6) is 11.5 Å². The minimum Gasteiger partial charge on any atom is -0.455 e. The summed E-state index contributed by atoms with van der Waals surface area (Å²) in [7, 11) is -4.54. The summed E-state index contributed by atoms with van der Waals surface area (Å²) >= 11 is 6.24. The number of sulfonamides is 1. The number of pyridine rings is 1. The van der Waals surface area contributed by atoms with Gasteiger partial charge in [-0.25, -0.2) is 18.1 Å². The van der Waals surface area contributed by atoms with E-state index in [2.05, 4.69) is 62.3 Å². The van der Waals surface area contributed by atoms with Gasteiger partial charge >= 0.3 is 0 Å². The lowest BCUT2D eigenvalue weighted by Crippen LogP contribution is -2.47. The number of carbonyl (C=O) groups excluding carboxylic acids is 1. The summed E-state index contributed by atoms with van der Waals surface area (Å²) < 4.78 is 35.9. The van der Waals surface area contributed by atoms with Gasteiger partial charge in [-0.05, 0) is 90.9 Å². The lowest BCUT2D eigenvalue weighted by atomic mass is 9.72. The van der Waals surface area contributed by atoms with Crippen molar-refractivity contribution in [1.29, 1.82) is 0 Å². The second-order valence-corrected chi connectivity index (χ2v) is 18.9. The lowest BCUT2D eigenvalue weighted by molar-refractivity contribution is -0.384. The molecule has 61 heavy (non-hydrogen) atoms. The lowest BCUT2D eigenvalue weighted by Gasteiger charge is -2.39. The highest BCUT2D eigenvalue weighted by molar-refractivity contribution is 7.90. The van der Waals surface area contributed by atoms with Crippen molar-refractivity contribution in [2.24, 2.45) is 5.41 Å². The fourth-order valence-corrected chi connectivity index (χ4v) is 9.72. The molecule has 1 amide bonds. The van der Waals surface area contributed by atoms with E-state index in [0.29, 0.717) is 30.2 Å². The van der Waals surface area contributed by atoms with Gasteiger partial charge in [0, 0.05) is 93.3 Å². The van der Waals surface area contributed by atoms with E-state index in [0.717, 1.165) is 93.8 Å². The second kappa shape index (κ2) is 17.5. The number of nitro benzene ring substituents is 1. The molecule has 2 aromatic heterocycles. The molecule has 16 heteroatoms. The van der Waals surface area contributed by atoms with Crippen molar-refractivity contribution in [2.75, 3.05) is 75.2 Å². The molecule has 1 aliphatic carbocycles. The monoisotopic (exact) mass is 866 g/mol. The number of likely N-dealkylation sites (N-methyl/N-ethyl adjacent to an activating group) is 1. The van der Waals surface area contributed by atoms with Crippen molar-refractivity contribution in [3.63, 3.8) is 0 Å². The number of piperazine rings is 2. The average molecular weight is 867 g/mol. The number of fused-ring (bicyclic) bond motifs is 1. The summed E-state index contributed by atoms with van der Waals surface area (Å²) in [5.41, 5.74) is 5.79. The number of allylic oxidation sites excluding steroid dienone is 1. The first-order valence-corrected chi connectivity index (χ1v) is 22.6. The van der Waals surface area contributed by atoms with Gasteiger partial charge < -0.3 is 24.4 Å². The zero-order valence-electron chi connectivity index (χ0n) is 34.7. The number of rotatable bonds is 12. The highest BCUT2D eigenvalue weighted by Crippen LogP contribution is 2.43. The molecule has 14 nitrogen and oxygen atoms in total. The van der Waals surface area contributed by atoms with Crippen LogP contribution in [-0.4, -0.2) is 104 Å². The van der Waals surface area contributed by atoms with Gasteiger partial charge in [0.25, 0.3) is 21.6 Å². The van der Waals surface area contributed by atoms with Gasteiger partial charge in [0.15, 0.2) is 0 Å². The SMILES string of the molecule is CCN1CCN(c2ccc(S(=O)(=O)NC(=O)c3ccc(N4CCN(CC5=C(c6ccc(Cl)cc6)CC(C)(C)CC5)CC4)cc3Oc3cnc4[nH]ccc4c3)cc2[N+](=O)[O-])CC1. The maximum Gasteiger partial charge on any atom is 0.293 e. The van der Waals surface area contributed by atoms with Gasteiger partial charge in [0.2, 0.25) is 0 Å². The molecule has 8 rings (SSSR count). The quantitative estimate of drug-likeness (QED) is 0.0927. The molecule has 320 valence electrons. The molecule has 2 aliphatic heterocycles. The Hall–Kier alpha value is -5.48. The van der Waals surface area contributed by atoms with Crippen LogP contribution in [0, 0.1) is 15.5 Å². The van der Waals surface area contributed by atoms with E-state index >= 15 is 0 Å². The maximum absolute atomic E-state index is 13.9. The first kappa shape index (κ1) is 42.2. The van der Waals surface area contributed by atoms with Crippen LogP contribution in [0.25, 0.3) is 16.6 Å². The van der Waals surface area contributed by atoms with Crippen LogP contribution in [0.1, 0.15) is 56.0 Å². The molecule has 2 N–H and O–H groups in total. The topological polar surface area (TPSA) is 157 Å². The molecule has 0 atom stereocenters. The smallest absolute Gasteiger partial charge is 0.293 e. The zero-order valence-corrected chi connectivity index (χ0v) is 36.3. The Balaban J connectivity index is 1.02. The third-order valence-corrected chi connectivity index (χ3v) is 13.8. The third kappa shape index (κ3) is 9.55. The number of amides is 1. The Morgan fingerprint density at radius 1 is 0.934 bits per heavy atom. The van der Waals surface area contributed by atoms with E-state index < -0.39 is 25.7 Å². The highest BCUT2D eigenvalue weighted by Gasteiger charge is 2.31. The normalized spacial score (nSPS) is 17.8. The number of nitro groups is 1. The number of aromatic nitrogens is 2. The standard InChI is InChI=1S/C45H51ClN8O6S/c1-4-50-17-23-53(24-18-50)40-12-10-37(27-41(40)54(56)57)61(58,59)49-44(55)38-11-9-35(26-42(38)60-36-25-32-14-16-47-43(32)48-29-36)52-21-19-51(20-22-52)30-33-13-15-45(2,3)28-39(33)31-5-7-34(46)8-6-31/h5-12,14,16,25-27,29H,4,13,15,17-24,28,30H2,1-3H3,(H,47,48)(H,49,55). The van der Waals surface area contributed by atoms with Gasteiger partial charge in [-0.15, -0.1) is 0 Å². The van der Waals surface area contributed by atoms with E-state index in [4.69, 9.17) is 16.3 Å². The predicted molar refractivity (Wildman–Crippen MR) is 239 cm³/mol. The third-order valence-electron chi connectivity index (χ3n) is 12.2. The molecule has 3 aliphatic rings. The van der Waals surface area contributed by atoms with Crippen LogP contribution in [0.3, 0.4) is 0 Å². The number of carbonyl (C=O) groups is 1. The van der Waals surface area contributed by atoms with E-state index in [1.54, 1.807) is 30.5 Å². The minimum atomic E-state index is -4.54. The van der Waals surface area contributed by atoms with E-state index in [1.165, 1.54) is 35.0 Å². The molecule has 3 aromatic carbocycles. The predicted octanol–water partition coefficient (Wildman–Crippen LogP) is 7.96. The van der Waals surface area contributed by atoms with Crippen molar-refractivity contribution in [2.45, 2.75) is 44.9 Å². The molecule has 5 aromatic rings. The van der Waals surface area contributed by atoms with Gasteiger partial charge in [0.1, 0.15) is 22.8 Å². The summed E-state index contributed by atoms with van der Waals surface area (Å²) in [4.78, 5) is 41.5. The van der Waals surface area contributed by atoms with E-state index in [9.17, 15) is 23.3 Å². The van der Waals surface area contributed by atoms with Crippen LogP contribution < -0.4 is 19.3 Å². The number of H-pyrrole nitrogens is 1. The fraction of sp³-hybridized carbons (Fsp3) is 0.378. The van der Waals surface area contributed by atoms with Crippen molar-refractivity contribution in [3.8, 4) is 11.5 Å². The summed E-state index contributed by atoms with van der Waals surface area (Å²) in [5, 5.41) is 13.7. The van der Waals surface area contributed by atoms with Gasteiger partial charge in [-0.1, -0.05) is 50.1 Å². The van der Waals surface area contributed by atoms with Gasteiger partial charge in [0.05, 0.1) is 21.6 Å². The number of nitrogens with one attached hydrogen (secondary N) is 2. The van der Waals surface area contributed by atoms with Crippen molar-refractivity contribution >= 4 is 61.2 Å². The largest absolute Gasteiger partial charge is 0.455 e. The van der Waals surface area contributed by atoms with Crippen molar-refractivity contribution < 1.29 is 22.9 Å². The molecule has 0 radical (unpaired) electrons. The Kier molecular flexibility index (Phi) is 12.1. The first-order chi connectivity index (χ1) is 29.2. The highest BCUT2D eigenvalue weighted by atomic mass is 35.5. The number of hydrogen-bond donors (Lipinski definition) is 2. The number of ether oxygens (including phenoxy) is 1. The maximum atomic E-state index is 13.9. The molecule has 0 saturated carbocycles. The number of halogens is 1. The number of aromatic amines is 1. The van der Waals surface area contributed by atoms with Crippen molar-refractivity contribution in [3.05, 3.63) is 117 Å². The summed E-state index contributed by atoms with van der Waals surface area (Å²) in [6.45, 7) is 14.2. The van der Waals surface area contributed by atoms with Crippen LogP contribution in [-0.2, 0) is 10.0 Å². The minimum absolute atomic E-state index is 0.0260. The second-order valence-electron chi connectivity index (χ2n) is 16.8. The van der Waals surface area contributed by atoms with Gasteiger partial charge in [-0.2, -0.15) is 0 Å². The Bertz CT molecular complexity index is 2580. The van der Waals surface area contributed by atoms with Crippen LogP contribution in [0.2, 0.25) is 5.02 Å². The van der Waals surface area contributed by atoms with Gasteiger partial charge in [-0.3, -0.25) is 19.8 Å². The number of nitrogens with zero attached hydrogens (tertiary/aromatic N) is 6. The molecule has 2 fully saturated rings.